The van der Waals surface area contributed by atoms with Gasteiger partial charge >= 0.3 is 0 Å². The molecular formula is C13H16BrClO2. The van der Waals surface area contributed by atoms with Crippen LogP contribution in [0.5, 0.6) is 0 Å². The van der Waals surface area contributed by atoms with E-state index in [-0.39, 0.29) is 5.38 Å². The maximum atomic E-state index is 6.31. The van der Waals surface area contributed by atoms with Gasteiger partial charge in [0.2, 0.25) is 0 Å². The molecule has 2 nitrogen and oxygen atoms in total. The predicted molar refractivity (Wildman–Crippen MR) is 72.6 cm³/mol. The molecular weight excluding hydrogens is 303 g/mol. The highest BCUT2D eigenvalue weighted by atomic mass is 79.9. The Hall–Kier alpha value is -0.0900. The number of rotatable bonds is 3. The van der Waals surface area contributed by atoms with E-state index in [1.165, 1.54) is 11.1 Å². The molecule has 17 heavy (non-hydrogen) atoms. The van der Waals surface area contributed by atoms with E-state index >= 15 is 0 Å². The van der Waals surface area contributed by atoms with Gasteiger partial charge in [-0.3, -0.25) is 0 Å². The second-order valence-electron chi connectivity index (χ2n) is 4.22. The molecule has 1 aromatic rings. The molecule has 0 saturated heterocycles. The molecule has 1 aliphatic heterocycles. The van der Waals surface area contributed by atoms with Crippen molar-refractivity contribution >= 4 is 27.5 Å². The molecule has 0 saturated carbocycles. The summed E-state index contributed by atoms with van der Waals surface area (Å²) in [5, 5.41) is -0.108. The average Bonchev–Trinajstić information content (AvgIpc) is 2.52. The highest BCUT2D eigenvalue weighted by Crippen LogP contribution is 2.32. The molecule has 1 unspecified atom stereocenters. The molecule has 0 fully saturated rings. The summed E-state index contributed by atoms with van der Waals surface area (Å²) in [4.78, 5) is 0. The normalized spacial score (nSPS) is 17.4. The SMILES string of the molecule is COCC(Cl)c1cc2c(cc1Br)COCCC2. The van der Waals surface area contributed by atoms with Crippen LogP contribution in [0.3, 0.4) is 0 Å². The Bertz CT molecular complexity index is 395. The molecule has 1 aliphatic rings. The number of methoxy groups -OCH3 is 1. The summed E-state index contributed by atoms with van der Waals surface area (Å²) in [5.41, 5.74) is 3.72. The van der Waals surface area contributed by atoms with Crippen LogP contribution in [0.4, 0.5) is 0 Å². The van der Waals surface area contributed by atoms with Gasteiger partial charge in [-0.05, 0) is 35.6 Å². The van der Waals surface area contributed by atoms with Crippen molar-refractivity contribution in [1.82, 2.24) is 0 Å². The van der Waals surface area contributed by atoms with E-state index in [4.69, 9.17) is 21.1 Å². The van der Waals surface area contributed by atoms with Crippen LogP contribution in [-0.2, 0) is 22.5 Å². The van der Waals surface area contributed by atoms with E-state index in [2.05, 4.69) is 28.1 Å². The molecule has 0 bridgehead atoms. The molecule has 4 heteroatoms. The Kier molecular flexibility index (Phi) is 4.86. The summed E-state index contributed by atoms with van der Waals surface area (Å²) in [5.74, 6) is 0. The third kappa shape index (κ3) is 3.22. The number of benzene rings is 1. The Morgan fingerprint density at radius 3 is 3.06 bits per heavy atom. The van der Waals surface area contributed by atoms with Gasteiger partial charge in [0, 0.05) is 18.2 Å². The van der Waals surface area contributed by atoms with Crippen LogP contribution < -0.4 is 0 Å². The summed E-state index contributed by atoms with van der Waals surface area (Å²) >= 11 is 9.88. The Labute approximate surface area is 115 Å². The fraction of sp³-hybridized carbons (Fsp3) is 0.538. The zero-order valence-corrected chi connectivity index (χ0v) is 12.2. The van der Waals surface area contributed by atoms with E-state index in [0.29, 0.717) is 13.2 Å². The lowest BCUT2D eigenvalue weighted by Gasteiger charge is -2.15. The van der Waals surface area contributed by atoms with Crippen molar-refractivity contribution in [2.24, 2.45) is 0 Å². The van der Waals surface area contributed by atoms with Crippen LogP contribution in [0.1, 0.15) is 28.5 Å². The van der Waals surface area contributed by atoms with Crippen molar-refractivity contribution in [2.45, 2.75) is 24.8 Å². The molecule has 0 aromatic heterocycles. The lowest BCUT2D eigenvalue weighted by atomic mass is 9.99. The molecule has 0 N–H and O–H groups in total. The highest BCUT2D eigenvalue weighted by Gasteiger charge is 2.16. The van der Waals surface area contributed by atoms with Gasteiger partial charge in [-0.1, -0.05) is 22.0 Å². The van der Waals surface area contributed by atoms with Crippen molar-refractivity contribution in [3.05, 3.63) is 33.3 Å². The maximum Gasteiger partial charge on any atom is 0.0829 e. The molecule has 0 radical (unpaired) electrons. The monoisotopic (exact) mass is 318 g/mol. The van der Waals surface area contributed by atoms with Gasteiger partial charge in [0.05, 0.1) is 18.6 Å². The Morgan fingerprint density at radius 2 is 2.29 bits per heavy atom. The number of hydrogen-bond acceptors (Lipinski definition) is 2. The smallest absolute Gasteiger partial charge is 0.0829 e. The van der Waals surface area contributed by atoms with E-state index < -0.39 is 0 Å². The minimum Gasteiger partial charge on any atom is -0.383 e. The topological polar surface area (TPSA) is 18.5 Å². The third-order valence-electron chi connectivity index (χ3n) is 2.96. The number of halogens is 2. The van der Waals surface area contributed by atoms with E-state index in [9.17, 15) is 0 Å². The minimum atomic E-state index is -0.108. The fourth-order valence-electron chi connectivity index (χ4n) is 2.07. The standard InChI is InChI=1S/C13H16BrClO2/c1-16-8-13(15)11-5-9-3-2-4-17-7-10(9)6-12(11)14/h5-6,13H,2-4,7-8H2,1H3. The van der Waals surface area contributed by atoms with E-state index in [0.717, 1.165) is 29.5 Å². The second kappa shape index (κ2) is 6.19. The number of alkyl halides is 1. The van der Waals surface area contributed by atoms with Gasteiger partial charge in [-0.25, -0.2) is 0 Å². The van der Waals surface area contributed by atoms with Crippen molar-refractivity contribution in [3.63, 3.8) is 0 Å². The maximum absolute atomic E-state index is 6.31. The molecule has 0 spiro atoms. The number of ether oxygens (including phenoxy) is 2. The minimum absolute atomic E-state index is 0.108. The van der Waals surface area contributed by atoms with E-state index in [1.807, 2.05) is 0 Å². The second-order valence-corrected chi connectivity index (χ2v) is 5.60. The summed E-state index contributed by atoms with van der Waals surface area (Å²) in [6, 6.07) is 4.31. The Morgan fingerprint density at radius 1 is 1.47 bits per heavy atom. The first kappa shape index (κ1) is 13.3. The van der Waals surface area contributed by atoms with Gasteiger partial charge < -0.3 is 9.47 Å². The summed E-state index contributed by atoms with van der Waals surface area (Å²) in [6.45, 7) is 2.06. The van der Waals surface area contributed by atoms with Crippen LogP contribution in [-0.4, -0.2) is 20.3 Å². The lowest BCUT2D eigenvalue weighted by Crippen LogP contribution is -2.03. The first-order chi connectivity index (χ1) is 8.22. The summed E-state index contributed by atoms with van der Waals surface area (Å²) in [6.07, 6.45) is 2.14. The summed E-state index contributed by atoms with van der Waals surface area (Å²) in [7, 11) is 1.67. The van der Waals surface area contributed by atoms with Gasteiger partial charge in [-0.2, -0.15) is 0 Å². The highest BCUT2D eigenvalue weighted by molar-refractivity contribution is 9.10. The molecule has 2 rings (SSSR count). The van der Waals surface area contributed by atoms with Crippen LogP contribution in [0.2, 0.25) is 0 Å². The van der Waals surface area contributed by atoms with Crippen molar-refractivity contribution < 1.29 is 9.47 Å². The molecule has 1 atom stereocenters. The van der Waals surface area contributed by atoms with Gasteiger partial charge in [0.1, 0.15) is 0 Å². The van der Waals surface area contributed by atoms with Crippen LogP contribution >= 0.6 is 27.5 Å². The summed E-state index contributed by atoms with van der Waals surface area (Å²) < 4.78 is 11.7. The zero-order valence-electron chi connectivity index (χ0n) is 9.84. The fourth-order valence-corrected chi connectivity index (χ4v) is 3.17. The van der Waals surface area contributed by atoms with Gasteiger partial charge in [0.25, 0.3) is 0 Å². The molecule has 0 aliphatic carbocycles. The lowest BCUT2D eigenvalue weighted by molar-refractivity contribution is 0.125. The molecule has 1 aromatic carbocycles. The average molecular weight is 320 g/mol. The van der Waals surface area contributed by atoms with E-state index in [1.54, 1.807) is 7.11 Å². The van der Waals surface area contributed by atoms with Crippen molar-refractivity contribution in [3.8, 4) is 0 Å². The molecule has 0 amide bonds. The molecule has 1 heterocycles. The van der Waals surface area contributed by atoms with Crippen molar-refractivity contribution in [2.75, 3.05) is 20.3 Å². The Balaban J connectivity index is 2.31. The number of hydrogen-bond donors (Lipinski definition) is 0. The van der Waals surface area contributed by atoms with Crippen molar-refractivity contribution in [1.29, 1.82) is 0 Å². The van der Waals surface area contributed by atoms with Crippen LogP contribution in [0, 0.1) is 0 Å². The van der Waals surface area contributed by atoms with Gasteiger partial charge in [-0.15, -0.1) is 11.6 Å². The first-order valence-electron chi connectivity index (χ1n) is 5.74. The first-order valence-corrected chi connectivity index (χ1v) is 6.97. The predicted octanol–water partition coefficient (Wildman–Crippen LogP) is 3.84. The van der Waals surface area contributed by atoms with Gasteiger partial charge in [0.15, 0.2) is 0 Å². The quantitative estimate of drug-likeness (QED) is 0.788. The van der Waals surface area contributed by atoms with Crippen LogP contribution in [0.15, 0.2) is 16.6 Å². The number of aryl methyl sites for hydroxylation is 1. The third-order valence-corrected chi connectivity index (χ3v) is 4.01. The zero-order chi connectivity index (χ0) is 12.3. The molecule has 94 valence electrons. The number of fused-ring (bicyclic) bond motifs is 1. The van der Waals surface area contributed by atoms with Crippen LogP contribution in [0.25, 0.3) is 0 Å². The largest absolute Gasteiger partial charge is 0.383 e.